The highest BCUT2D eigenvalue weighted by atomic mass is 32.2. The average Bonchev–Trinajstić information content (AvgIpc) is 3.56. The van der Waals surface area contributed by atoms with E-state index in [2.05, 4.69) is 10.3 Å². The van der Waals surface area contributed by atoms with Crippen LogP contribution in [0.2, 0.25) is 0 Å². The van der Waals surface area contributed by atoms with Crippen LogP contribution in [0.1, 0.15) is 50.0 Å². The number of carbonyl (C=O) groups excluding carboxylic acids is 1. The Morgan fingerprint density at radius 1 is 1.18 bits per heavy atom. The monoisotopic (exact) mass is 577 g/mol. The van der Waals surface area contributed by atoms with Gasteiger partial charge in [-0.15, -0.1) is 0 Å². The molecule has 1 aliphatic carbocycles. The maximum Gasteiger partial charge on any atom is 0.304 e. The summed E-state index contributed by atoms with van der Waals surface area (Å²) in [7, 11) is -2.53. The number of thiazole rings is 1. The van der Waals surface area contributed by atoms with Gasteiger partial charge in [0.15, 0.2) is 5.13 Å². The third-order valence-electron chi connectivity index (χ3n) is 6.98. The zero-order valence-corrected chi connectivity index (χ0v) is 23.3. The summed E-state index contributed by atoms with van der Waals surface area (Å²) in [6.07, 6.45) is 4.60. The molecule has 0 bridgehead atoms. The maximum atomic E-state index is 13.6. The number of fused-ring (bicyclic) bond motifs is 1. The second-order valence-electron chi connectivity index (χ2n) is 9.67. The molecule has 1 fully saturated rings. The molecule has 9 nitrogen and oxygen atoms in total. The van der Waals surface area contributed by atoms with Crippen LogP contribution in [0.5, 0.6) is 0 Å². The topological polar surface area (TPSA) is 126 Å². The van der Waals surface area contributed by atoms with Crippen LogP contribution < -0.4 is 5.32 Å². The number of aliphatic carboxylic acids is 1. The van der Waals surface area contributed by atoms with Crippen molar-refractivity contribution >= 4 is 48.6 Å². The van der Waals surface area contributed by atoms with Crippen LogP contribution in [-0.2, 0) is 24.3 Å². The highest BCUT2D eigenvalue weighted by molar-refractivity contribution is 7.89. The lowest BCUT2D eigenvalue weighted by Gasteiger charge is -2.23. The molecule has 1 aliphatic rings. The zero-order chi connectivity index (χ0) is 28.0. The van der Waals surface area contributed by atoms with Crippen molar-refractivity contribution in [1.29, 1.82) is 0 Å². The van der Waals surface area contributed by atoms with Crippen LogP contribution in [0, 0.1) is 11.7 Å². The third-order valence-corrected chi connectivity index (χ3v) is 9.83. The lowest BCUT2D eigenvalue weighted by Crippen LogP contribution is -2.35. The Labute approximate surface area is 231 Å². The van der Waals surface area contributed by atoms with Crippen LogP contribution in [0.4, 0.5) is 9.52 Å². The molecule has 210 valence electrons. The quantitative estimate of drug-likeness (QED) is 0.297. The van der Waals surface area contributed by atoms with Crippen molar-refractivity contribution in [3.63, 3.8) is 0 Å². The highest BCUT2D eigenvalue weighted by Gasteiger charge is 2.29. The Morgan fingerprint density at radius 3 is 2.56 bits per heavy atom. The Hall–Kier alpha value is -2.93. The number of methoxy groups -OCH3 is 1. The molecule has 0 saturated heterocycles. The summed E-state index contributed by atoms with van der Waals surface area (Å²) in [5, 5.41) is 12.3. The van der Waals surface area contributed by atoms with E-state index < -0.39 is 21.9 Å². The zero-order valence-electron chi connectivity index (χ0n) is 21.6. The number of hydrogen-bond acceptors (Lipinski definition) is 7. The number of benzene rings is 2. The first kappa shape index (κ1) is 29.1. The molecule has 1 unspecified atom stereocenters. The van der Waals surface area contributed by atoms with Crippen LogP contribution in [0.15, 0.2) is 47.4 Å². The molecular formula is C27H32FN3O6S2. The minimum absolute atomic E-state index is 0.0148. The molecule has 1 saturated carbocycles. The standard InChI is InChI=1S/C27H32FN3O6S2/c1-37-15-14-31(13-12-25(32)33)39(35,36)21-9-6-19(7-10-21)22(16-18-4-2-3-5-18)26(34)30-27-29-23-11-8-20(28)17-24(23)38-27/h6-11,17-18,22H,2-5,12-16H2,1H3,(H,32,33)(H,29,30,34). The van der Waals surface area contributed by atoms with E-state index in [1.807, 2.05) is 0 Å². The van der Waals surface area contributed by atoms with E-state index in [1.54, 1.807) is 18.2 Å². The van der Waals surface area contributed by atoms with Gasteiger partial charge in [-0.25, -0.2) is 17.8 Å². The minimum atomic E-state index is -3.97. The molecule has 0 aliphatic heterocycles. The molecule has 1 amide bonds. The molecule has 2 aromatic carbocycles. The Kier molecular flexibility index (Phi) is 9.65. The number of hydrogen-bond donors (Lipinski definition) is 2. The summed E-state index contributed by atoms with van der Waals surface area (Å²) in [5.74, 6) is -1.86. The van der Waals surface area contributed by atoms with Gasteiger partial charge in [0, 0.05) is 20.2 Å². The first-order valence-electron chi connectivity index (χ1n) is 12.8. The Balaban J connectivity index is 1.56. The molecule has 1 atom stereocenters. The average molecular weight is 578 g/mol. The van der Waals surface area contributed by atoms with Crippen molar-refractivity contribution in [2.24, 2.45) is 5.92 Å². The van der Waals surface area contributed by atoms with Crippen molar-refractivity contribution in [2.45, 2.75) is 49.3 Å². The van der Waals surface area contributed by atoms with Crippen molar-refractivity contribution < 1.29 is 32.2 Å². The van der Waals surface area contributed by atoms with Gasteiger partial charge >= 0.3 is 5.97 Å². The summed E-state index contributed by atoms with van der Waals surface area (Å²) in [6, 6.07) is 10.5. The van der Waals surface area contributed by atoms with Gasteiger partial charge in [-0.05, 0) is 48.2 Å². The number of carboxylic acid groups (broad SMARTS) is 1. The molecule has 1 aromatic heterocycles. The van der Waals surface area contributed by atoms with Crippen LogP contribution in [-0.4, -0.2) is 61.5 Å². The van der Waals surface area contributed by atoms with E-state index in [0.29, 0.717) is 33.3 Å². The summed E-state index contributed by atoms with van der Waals surface area (Å²) in [6.45, 7) is -0.0346. The van der Waals surface area contributed by atoms with Crippen molar-refractivity contribution in [3.05, 3.63) is 53.8 Å². The summed E-state index contributed by atoms with van der Waals surface area (Å²) < 4.78 is 46.9. The van der Waals surface area contributed by atoms with Gasteiger partial charge in [0.25, 0.3) is 0 Å². The SMILES string of the molecule is COCCN(CCC(=O)O)S(=O)(=O)c1ccc(C(CC2CCCC2)C(=O)Nc2nc3ccc(F)cc3s2)cc1. The molecule has 0 radical (unpaired) electrons. The fourth-order valence-corrected chi connectivity index (χ4v) is 7.22. The van der Waals surface area contributed by atoms with E-state index >= 15 is 0 Å². The summed E-state index contributed by atoms with van der Waals surface area (Å²) in [5.41, 5.74) is 1.28. The first-order chi connectivity index (χ1) is 18.7. The second kappa shape index (κ2) is 12.9. The van der Waals surface area contributed by atoms with Crippen molar-refractivity contribution in [1.82, 2.24) is 9.29 Å². The lowest BCUT2D eigenvalue weighted by atomic mass is 9.87. The fraction of sp³-hybridized carbons (Fsp3) is 0.444. The lowest BCUT2D eigenvalue weighted by molar-refractivity contribution is -0.137. The third kappa shape index (κ3) is 7.38. The Bertz CT molecular complexity index is 1400. The van der Waals surface area contributed by atoms with Crippen molar-refractivity contribution in [3.8, 4) is 0 Å². The van der Waals surface area contributed by atoms with E-state index in [-0.39, 0.29) is 42.7 Å². The number of carbonyl (C=O) groups is 2. The summed E-state index contributed by atoms with van der Waals surface area (Å²) >= 11 is 1.20. The number of nitrogens with zero attached hydrogens (tertiary/aromatic N) is 2. The molecule has 2 N–H and O–H groups in total. The molecule has 12 heteroatoms. The van der Waals surface area contributed by atoms with Gasteiger partial charge in [-0.3, -0.25) is 9.59 Å². The normalized spacial score (nSPS) is 15.2. The molecule has 1 heterocycles. The number of amides is 1. The van der Waals surface area contributed by atoms with Gasteiger partial charge in [0.1, 0.15) is 5.82 Å². The highest BCUT2D eigenvalue weighted by Crippen LogP contribution is 2.36. The largest absolute Gasteiger partial charge is 0.481 e. The van der Waals surface area contributed by atoms with Crippen LogP contribution in [0.3, 0.4) is 0 Å². The number of halogens is 1. The molecule has 3 aromatic rings. The number of aromatic nitrogens is 1. The van der Waals surface area contributed by atoms with Gasteiger partial charge in [0.05, 0.1) is 34.1 Å². The van der Waals surface area contributed by atoms with Gasteiger partial charge in [0.2, 0.25) is 15.9 Å². The second-order valence-corrected chi connectivity index (χ2v) is 12.6. The van der Waals surface area contributed by atoms with E-state index in [0.717, 1.165) is 30.0 Å². The first-order valence-corrected chi connectivity index (χ1v) is 15.1. The van der Waals surface area contributed by atoms with E-state index in [4.69, 9.17) is 9.84 Å². The maximum absolute atomic E-state index is 13.6. The number of carboxylic acids is 1. The number of ether oxygens (including phenoxy) is 1. The summed E-state index contributed by atoms with van der Waals surface area (Å²) in [4.78, 5) is 29.0. The predicted octanol–water partition coefficient (Wildman–Crippen LogP) is 4.85. The number of anilines is 1. The van der Waals surface area contributed by atoms with Gasteiger partial charge < -0.3 is 15.2 Å². The Morgan fingerprint density at radius 2 is 1.90 bits per heavy atom. The number of nitrogens with one attached hydrogen (secondary N) is 1. The fourth-order valence-electron chi connectivity index (χ4n) is 4.91. The van der Waals surface area contributed by atoms with Crippen LogP contribution >= 0.6 is 11.3 Å². The molecule has 0 spiro atoms. The smallest absolute Gasteiger partial charge is 0.304 e. The van der Waals surface area contributed by atoms with Crippen molar-refractivity contribution in [2.75, 3.05) is 32.1 Å². The van der Waals surface area contributed by atoms with Crippen LogP contribution in [0.25, 0.3) is 10.2 Å². The number of rotatable bonds is 13. The minimum Gasteiger partial charge on any atom is -0.481 e. The number of sulfonamides is 1. The van der Waals surface area contributed by atoms with Gasteiger partial charge in [-0.1, -0.05) is 49.2 Å². The van der Waals surface area contributed by atoms with Gasteiger partial charge in [-0.2, -0.15) is 4.31 Å². The predicted molar refractivity (Wildman–Crippen MR) is 147 cm³/mol. The van der Waals surface area contributed by atoms with E-state index in [1.165, 1.54) is 42.7 Å². The molecule has 4 rings (SSSR count). The molecular weight excluding hydrogens is 545 g/mol. The van der Waals surface area contributed by atoms with E-state index in [9.17, 15) is 22.4 Å². The molecule has 39 heavy (non-hydrogen) atoms.